The molecule has 1 saturated heterocycles. The number of nitrogens with one attached hydrogen (secondary N) is 1. The Morgan fingerprint density at radius 3 is 2.50 bits per heavy atom. The molecule has 1 aromatic rings. The largest absolute Gasteiger partial charge is 1.00 e. The van der Waals surface area contributed by atoms with E-state index in [4.69, 9.17) is 4.74 Å². The van der Waals surface area contributed by atoms with Gasteiger partial charge in [-0.15, -0.1) is 0 Å². The highest BCUT2D eigenvalue weighted by atomic mass is 127. The lowest BCUT2D eigenvalue weighted by Crippen LogP contribution is -3.00. The first-order valence-corrected chi connectivity index (χ1v) is 7.72. The zero-order valence-electron chi connectivity index (χ0n) is 12.2. The lowest BCUT2D eigenvalue weighted by atomic mass is 10.2. The smallest absolute Gasteiger partial charge is 0.310 e. The van der Waals surface area contributed by atoms with E-state index < -0.39 is 0 Å². The summed E-state index contributed by atoms with van der Waals surface area (Å²) in [5.41, 5.74) is 2.40. The average molecular weight is 407 g/mol. The maximum absolute atomic E-state index is 5.42. The van der Waals surface area contributed by atoms with Crippen LogP contribution in [0.1, 0.15) is 0 Å². The van der Waals surface area contributed by atoms with Crippen LogP contribution in [-0.2, 0) is 4.74 Å². The highest BCUT2D eigenvalue weighted by molar-refractivity contribution is 8.13. The minimum absolute atomic E-state index is 0. The molecule has 20 heavy (non-hydrogen) atoms. The van der Waals surface area contributed by atoms with Crippen LogP contribution in [0.15, 0.2) is 24.3 Å². The minimum Gasteiger partial charge on any atom is -1.00 e. The molecule has 6 heteroatoms. The second kappa shape index (κ2) is 8.74. The van der Waals surface area contributed by atoms with Crippen molar-refractivity contribution in [2.75, 3.05) is 56.9 Å². The van der Waals surface area contributed by atoms with Crippen molar-refractivity contribution in [2.45, 2.75) is 0 Å². The van der Waals surface area contributed by atoms with E-state index in [1.165, 1.54) is 5.69 Å². The molecular weight excluding hydrogens is 385 g/mol. The standard InChI is InChI=1S/C14H21N3OS.HI/c1-16(2)14(19-3)15-12-6-4-5-7-13(12)17-8-10-18-11-9-17;/h4-7H,8-11H2,1-3H3;1H. The van der Waals surface area contributed by atoms with E-state index in [0.717, 1.165) is 37.2 Å². The number of hydrogen-bond donors (Lipinski definition) is 1. The molecule has 0 atom stereocenters. The summed E-state index contributed by atoms with van der Waals surface area (Å²) in [6, 6.07) is 8.45. The van der Waals surface area contributed by atoms with E-state index in [1.807, 2.05) is 0 Å². The molecular formula is C14H22IN3OS. The van der Waals surface area contributed by atoms with Gasteiger partial charge in [0.15, 0.2) is 0 Å². The molecule has 1 aromatic carbocycles. The van der Waals surface area contributed by atoms with Gasteiger partial charge in [-0.1, -0.05) is 12.1 Å². The average Bonchev–Trinajstić information content (AvgIpc) is 2.45. The number of morpholine rings is 1. The molecule has 0 saturated carbocycles. The monoisotopic (exact) mass is 407 g/mol. The van der Waals surface area contributed by atoms with Crippen LogP contribution >= 0.6 is 11.8 Å². The van der Waals surface area contributed by atoms with Gasteiger partial charge in [-0.25, -0.2) is 5.32 Å². The summed E-state index contributed by atoms with van der Waals surface area (Å²) >= 11 is 1.72. The Labute approximate surface area is 142 Å². The maximum atomic E-state index is 5.42. The van der Waals surface area contributed by atoms with Crippen LogP contribution in [0.2, 0.25) is 0 Å². The Hall–Kier alpha value is -0.470. The molecule has 112 valence electrons. The summed E-state index contributed by atoms with van der Waals surface area (Å²) in [4.78, 5) is 2.37. The quantitative estimate of drug-likeness (QED) is 0.293. The number of rotatable bonds is 2. The number of benzene rings is 1. The van der Waals surface area contributed by atoms with Crippen molar-refractivity contribution < 1.29 is 33.3 Å². The van der Waals surface area contributed by atoms with Gasteiger partial charge in [0.2, 0.25) is 0 Å². The second-order valence-electron chi connectivity index (χ2n) is 4.65. The van der Waals surface area contributed by atoms with Crippen LogP contribution in [-0.4, -0.2) is 56.4 Å². The number of nitrogens with zero attached hydrogens (tertiary/aromatic N) is 2. The molecule has 2 rings (SSSR count). The zero-order chi connectivity index (χ0) is 13.7. The van der Waals surface area contributed by atoms with Gasteiger partial charge in [0, 0.05) is 13.1 Å². The maximum Gasteiger partial charge on any atom is 0.310 e. The van der Waals surface area contributed by atoms with Crippen molar-refractivity contribution in [1.29, 1.82) is 0 Å². The Morgan fingerprint density at radius 2 is 1.90 bits per heavy atom. The van der Waals surface area contributed by atoms with Crippen LogP contribution in [0.3, 0.4) is 0 Å². The molecule has 0 unspecified atom stereocenters. The normalized spacial score (nSPS) is 14.4. The Morgan fingerprint density at radius 1 is 1.25 bits per heavy atom. The van der Waals surface area contributed by atoms with Crippen LogP contribution in [0.5, 0.6) is 0 Å². The number of halogens is 1. The molecule has 0 radical (unpaired) electrons. The molecule has 0 bridgehead atoms. The van der Waals surface area contributed by atoms with Crippen molar-refractivity contribution in [2.24, 2.45) is 0 Å². The van der Waals surface area contributed by atoms with Gasteiger partial charge in [-0.3, -0.25) is 4.58 Å². The molecule has 1 fully saturated rings. The summed E-state index contributed by atoms with van der Waals surface area (Å²) in [5.74, 6) is 0. The fourth-order valence-corrected chi connectivity index (χ4v) is 2.70. The van der Waals surface area contributed by atoms with Gasteiger partial charge in [-0.2, -0.15) is 0 Å². The van der Waals surface area contributed by atoms with E-state index in [0.29, 0.717) is 0 Å². The first-order valence-electron chi connectivity index (χ1n) is 6.49. The van der Waals surface area contributed by atoms with Crippen LogP contribution in [0.25, 0.3) is 0 Å². The molecule has 0 aliphatic carbocycles. The zero-order valence-corrected chi connectivity index (χ0v) is 15.2. The van der Waals surface area contributed by atoms with Crippen molar-refractivity contribution in [3.63, 3.8) is 0 Å². The summed E-state index contributed by atoms with van der Waals surface area (Å²) < 4.78 is 7.52. The van der Waals surface area contributed by atoms with Gasteiger partial charge >= 0.3 is 5.17 Å². The van der Waals surface area contributed by atoms with Crippen molar-refractivity contribution in [3.05, 3.63) is 24.3 Å². The van der Waals surface area contributed by atoms with Crippen molar-refractivity contribution in [3.8, 4) is 0 Å². The third-order valence-electron chi connectivity index (χ3n) is 3.10. The van der Waals surface area contributed by atoms with Crippen molar-refractivity contribution in [1.82, 2.24) is 0 Å². The lowest BCUT2D eigenvalue weighted by molar-refractivity contribution is -0.461. The highest BCUT2D eigenvalue weighted by Crippen LogP contribution is 2.27. The molecule has 0 spiro atoms. The van der Waals surface area contributed by atoms with E-state index in [2.05, 4.69) is 59.4 Å². The summed E-state index contributed by atoms with van der Waals surface area (Å²) in [6.45, 7) is 3.52. The summed E-state index contributed by atoms with van der Waals surface area (Å²) in [6.07, 6.45) is 2.08. The number of amidine groups is 1. The molecule has 1 heterocycles. The molecule has 4 nitrogen and oxygen atoms in total. The van der Waals surface area contributed by atoms with Crippen LogP contribution in [0, 0.1) is 0 Å². The highest BCUT2D eigenvalue weighted by Gasteiger charge is 2.18. The van der Waals surface area contributed by atoms with Gasteiger partial charge in [0.25, 0.3) is 0 Å². The molecule has 0 amide bonds. The van der Waals surface area contributed by atoms with E-state index in [9.17, 15) is 0 Å². The summed E-state index contributed by atoms with van der Waals surface area (Å²) in [7, 11) is 4.10. The first kappa shape index (κ1) is 17.6. The fraction of sp³-hybridized carbons (Fsp3) is 0.500. The topological polar surface area (TPSA) is 27.5 Å². The Bertz CT molecular complexity index is 457. The second-order valence-corrected chi connectivity index (χ2v) is 5.44. The number of ether oxygens (including phenoxy) is 1. The summed E-state index contributed by atoms with van der Waals surface area (Å²) in [5, 5.41) is 4.66. The lowest BCUT2D eigenvalue weighted by Gasteiger charge is -2.29. The van der Waals surface area contributed by atoms with Gasteiger partial charge < -0.3 is 33.6 Å². The number of hydrogen-bond acceptors (Lipinski definition) is 3. The number of anilines is 2. The first-order chi connectivity index (χ1) is 9.22. The SMILES string of the molecule is CSC(Nc1ccccc1N1CCOCC1)=[N+](C)C.[I-]. The van der Waals surface area contributed by atoms with Gasteiger partial charge in [0.05, 0.1) is 33.0 Å². The molecule has 0 aromatic heterocycles. The van der Waals surface area contributed by atoms with E-state index in [-0.39, 0.29) is 24.0 Å². The Balaban J connectivity index is 0.00000200. The van der Waals surface area contributed by atoms with Crippen LogP contribution < -0.4 is 34.2 Å². The third kappa shape index (κ3) is 4.53. The Kier molecular flexibility index (Phi) is 7.68. The predicted octanol–water partition coefficient (Wildman–Crippen LogP) is -1.07. The van der Waals surface area contributed by atoms with Gasteiger partial charge in [-0.05, 0) is 30.2 Å². The van der Waals surface area contributed by atoms with Crippen LogP contribution in [0.4, 0.5) is 11.4 Å². The minimum atomic E-state index is 0. The fourth-order valence-electron chi connectivity index (χ4n) is 2.12. The van der Waals surface area contributed by atoms with E-state index in [1.54, 1.807) is 11.8 Å². The predicted molar refractivity (Wildman–Crippen MR) is 83.7 cm³/mol. The number of para-hydroxylation sites is 2. The van der Waals surface area contributed by atoms with E-state index >= 15 is 0 Å². The third-order valence-corrected chi connectivity index (χ3v) is 3.95. The molecule has 1 aliphatic rings. The number of thioether (sulfide) groups is 1. The van der Waals surface area contributed by atoms with Gasteiger partial charge in [0.1, 0.15) is 5.69 Å². The molecule has 1 aliphatic heterocycles. The molecule has 1 N–H and O–H groups in total. The van der Waals surface area contributed by atoms with Crippen molar-refractivity contribution >= 4 is 28.3 Å².